The van der Waals surface area contributed by atoms with Crippen LogP contribution in [0.2, 0.25) is 0 Å². The molecule has 0 bridgehead atoms. The second-order valence-corrected chi connectivity index (χ2v) is 6.16. The number of aryl methyl sites for hydroxylation is 2. The van der Waals surface area contributed by atoms with Crippen LogP contribution >= 0.6 is 0 Å². The average Bonchev–Trinajstić information content (AvgIpc) is 2.47. The number of rotatable bonds is 5. The first kappa shape index (κ1) is 16.3. The van der Waals surface area contributed by atoms with Crippen LogP contribution in [0.3, 0.4) is 0 Å². The molecule has 0 spiro atoms. The fourth-order valence-electron chi connectivity index (χ4n) is 3.66. The Balaban J connectivity index is 2.43. The monoisotopic (exact) mass is 292 g/mol. The minimum Gasteiger partial charge on any atom is -0.496 e. The van der Waals surface area contributed by atoms with E-state index in [1.165, 1.54) is 6.42 Å². The van der Waals surface area contributed by atoms with Crippen LogP contribution in [0.1, 0.15) is 61.8 Å². The van der Waals surface area contributed by atoms with E-state index in [-0.39, 0.29) is 0 Å². The summed E-state index contributed by atoms with van der Waals surface area (Å²) in [6.45, 7) is 6.72. The number of aliphatic hydroxyl groups excluding tert-OH is 1. The summed E-state index contributed by atoms with van der Waals surface area (Å²) in [4.78, 5) is 0. The van der Waals surface area contributed by atoms with Gasteiger partial charge in [-0.2, -0.15) is 0 Å². The summed E-state index contributed by atoms with van der Waals surface area (Å²) in [6, 6.07) is 4.09. The molecule has 1 fully saturated rings. The number of hydrogen-bond acceptors (Lipinski definition) is 3. The maximum atomic E-state index is 11.1. The van der Waals surface area contributed by atoms with Crippen molar-refractivity contribution in [3.05, 3.63) is 28.8 Å². The van der Waals surface area contributed by atoms with E-state index in [1.54, 1.807) is 7.11 Å². The molecule has 1 aliphatic rings. The van der Waals surface area contributed by atoms with Crippen LogP contribution in [0.4, 0.5) is 0 Å². The molecule has 1 atom stereocenters. The highest BCUT2D eigenvalue weighted by atomic mass is 16.5. The Morgan fingerprint density at radius 1 is 1.19 bits per heavy atom. The van der Waals surface area contributed by atoms with Crippen molar-refractivity contribution in [1.82, 2.24) is 0 Å². The van der Waals surface area contributed by atoms with Crippen molar-refractivity contribution in [2.45, 2.75) is 64.6 Å². The Morgan fingerprint density at radius 2 is 1.86 bits per heavy atom. The fourth-order valence-corrected chi connectivity index (χ4v) is 3.66. The van der Waals surface area contributed by atoms with Gasteiger partial charge in [-0.25, -0.2) is 0 Å². The third-order valence-electron chi connectivity index (χ3n) is 4.62. The Hall–Kier alpha value is -1.06. The lowest BCUT2D eigenvalue weighted by Gasteiger charge is -2.41. The van der Waals surface area contributed by atoms with E-state index in [2.05, 4.69) is 6.07 Å². The maximum absolute atomic E-state index is 11.1. The van der Waals surface area contributed by atoms with Crippen molar-refractivity contribution in [2.75, 3.05) is 13.7 Å². The topological polar surface area (TPSA) is 38.7 Å². The van der Waals surface area contributed by atoms with E-state index >= 15 is 0 Å². The van der Waals surface area contributed by atoms with Crippen LogP contribution in [-0.2, 0) is 4.74 Å². The largest absolute Gasteiger partial charge is 0.496 e. The van der Waals surface area contributed by atoms with E-state index in [1.807, 2.05) is 26.8 Å². The summed E-state index contributed by atoms with van der Waals surface area (Å²) in [5.41, 5.74) is 2.65. The summed E-state index contributed by atoms with van der Waals surface area (Å²) in [5, 5.41) is 11.1. The lowest BCUT2D eigenvalue weighted by Crippen LogP contribution is -2.42. The van der Waals surface area contributed by atoms with E-state index in [0.29, 0.717) is 6.61 Å². The fraction of sp³-hybridized carbons (Fsp3) is 0.667. The Bertz CT molecular complexity index is 470. The van der Waals surface area contributed by atoms with Crippen molar-refractivity contribution in [1.29, 1.82) is 0 Å². The van der Waals surface area contributed by atoms with Crippen molar-refractivity contribution in [3.8, 4) is 5.75 Å². The molecule has 1 aromatic rings. The summed E-state index contributed by atoms with van der Waals surface area (Å²) < 4.78 is 11.6. The Labute approximate surface area is 128 Å². The van der Waals surface area contributed by atoms with Crippen molar-refractivity contribution in [2.24, 2.45) is 0 Å². The highest BCUT2D eigenvalue weighted by Crippen LogP contribution is 2.45. The molecule has 0 radical (unpaired) electrons. The minimum absolute atomic E-state index is 0.458. The van der Waals surface area contributed by atoms with E-state index in [0.717, 1.165) is 48.1 Å². The summed E-state index contributed by atoms with van der Waals surface area (Å²) >= 11 is 0. The van der Waals surface area contributed by atoms with E-state index in [9.17, 15) is 5.11 Å². The molecule has 118 valence electrons. The molecule has 0 amide bonds. The molecule has 0 aromatic heterocycles. The van der Waals surface area contributed by atoms with Crippen molar-refractivity contribution in [3.63, 3.8) is 0 Å². The lowest BCUT2D eigenvalue weighted by atomic mass is 9.77. The molecule has 0 aliphatic heterocycles. The zero-order chi connectivity index (χ0) is 15.5. The Kier molecular flexibility index (Phi) is 5.28. The van der Waals surface area contributed by atoms with Crippen LogP contribution in [-0.4, -0.2) is 24.4 Å². The lowest BCUT2D eigenvalue weighted by molar-refractivity contribution is -0.142. The molecule has 21 heavy (non-hydrogen) atoms. The van der Waals surface area contributed by atoms with Gasteiger partial charge in [-0.15, -0.1) is 0 Å². The van der Waals surface area contributed by atoms with Crippen LogP contribution in [0.25, 0.3) is 0 Å². The molecule has 0 saturated heterocycles. The summed E-state index contributed by atoms with van der Waals surface area (Å²) in [7, 11) is 1.67. The summed E-state index contributed by atoms with van der Waals surface area (Å²) in [6.07, 6.45) is 4.66. The molecule has 1 aliphatic carbocycles. The molecule has 1 unspecified atom stereocenters. The maximum Gasteiger partial charge on any atom is 0.125 e. The smallest absolute Gasteiger partial charge is 0.125 e. The molecular weight excluding hydrogens is 264 g/mol. The highest BCUT2D eigenvalue weighted by Gasteiger charge is 2.42. The van der Waals surface area contributed by atoms with Gasteiger partial charge in [0.2, 0.25) is 0 Å². The predicted molar refractivity (Wildman–Crippen MR) is 84.9 cm³/mol. The zero-order valence-corrected chi connectivity index (χ0v) is 13.7. The molecule has 2 rings (SSSR count). The standard InChI is InChI=1S/C18H28O3/c1-5-21-18(9-7-6-8-10-18)17(19)16-14(3)11-13(2)12-15(16)20-4/h11-12,17,19H,5-10H2,1-4H3. The molecule has 1 saturated carbocycles. The quantitative estimate of drug-likeness (QED) is 0.888. The van der Waals surface area contributed by atoms with Gasteiger partial charge in [-0.1, -0.05) is 25.3 Å². The highest BCUT2D eigenvalue weighted by molar-refractivity contribution is 5.45. The molecule has 3 heteroatoms. The SMILES string of the molecule is CCOC1(C(O)c2c(C)cc(C)cc2OC)CCCCC1. The second kappa shape index (κ2) is 6.80. The first-order valence-corrected chi connectivity index (χ1v) is 8.01. The van der Waals surface area contributed by atoms with Gasteiger partial charge in [0.15, 0.2) is 0 Å². The van der Waals surface area contributed by atoms with Gasteiger partial charge in [0, 0.05) is 12.2 Å². The van der Waals surface area contributed by atoms with Crippen molar-refractivity contribution < 1.29 is 14.6 Å². The van der Waals surface area contributed by atoms with Gasteiger partial charge >= 0.3 is 0 Å². The number of hydrogen-bond donors (Lipinski definition) is 1. The van der Waals surface area contributed by atoms with Crippen LogP contribution in [0.15, 0.2) is 12.1 Å². The molecule has 1 N–H and O–H groups in total. The molecule has 0 heterocycles. The van der Waals surface area contributed by atoms with Gasteiger partial charge in [0.1, 0.15) is 11.9 Å². The number of benzene rings is 1. The van der Waals surface area contributed by atoms with Gasteiger partial charge in [0.05, 0.1) is 12.7 Å². The first-order valence-electron chi connectivity index (χ1n) is 8.01. The Morgan fingerprint density at radius 3 is 2.43 bits per heavy atom. The van der Waals surface area contributed by atoms with Crippen LogP contribution in [0.5, 0.6) is 5.75 Å². The van der Waals surface area contributed by atoms with E-state index in [4.69, 9.17) is 9.47 Å². The predicted octanol–water partition coefficient (Wildman–Crippen LogP) is 4.08. The number of methoxy groups -OCH3 is 1. The second-order valence-electron chi connectivity index (χ2n) is 6.16. The average molecular weight is 292 g/mol. The summed E-state index contributed by atoms with van der Waals surface area (Å²) in [5.74, 6) is 0.768. The molecule has 3 nitrogen and oxygen atoms in total. The van der Waals surface area contributed by atoms with Gasteiger partial charge in [-0.05, 0) is 50.8 Å². The number of ether oxygens (including phenoxy) is 2. The number of aliphatic hydroxyl groups is 1. The minimum atomic E-state index is -0.631. The van der Waals surface area contributed by atoms with Crippen LogP contribution < -0.4 is 4.74 Å². The van der Waals surface area contributed by atoms with Gasteiger partial charge < -0.3 is 14.6 Å². The van der Waals surface area contributed by atoms with Gasteiger partial charge in [-0.3, -0.25) is 0 Å². The normalized spacial score (nSPS) is 19.3. The first-order chi connectivity index (χ1) is 10.0. The third-order valence-corrected chi connectivity index (χ3v) is 4.62. The van der Waals surface area contributed by atoms with Crippen molar-refractivity contribution >= 4 is 0 Å². The molecule has 1 aromatic carbocycles. The van der Waals surface area contributed by atoms with Gasteiger partial charge in [0.25, 0.3) is 0 Å². The van der Waals surface area contributed by atoms with E-state index < -0.39 is 11.7 Å². The van der Waals surface area contributed by atoms with Crippen LogP contribution in [0, 0.1) is 13.8 Å². The third kappa shape index (κ3) is 3.24. The molecular formula is C18H28O3. The zero-order valence-electron chi connectivity index (χ0n) is 13.7.